The molecule has 29 heavy (non-hydrogen) atoms. The summed E-state index contributed by atoms with van der Waals surface area (Å²) in [6.45, 7) is 10.6. The van der Waals surface area contributed by atoms with Crippen molar-refractivity contribution in [1.29, 1.82) is 0 Å². The molecule has 0 amide bonds. The van der Waals surface area contributed by atoms with Gasteiger partial charge < -0.3 is 15.3 Å². The van der Waals surface area contributed by atoms with Gasteiger partial charge in [0.05, 0.1) is 6.42 Å². The zero-order chi connectivity index (χ0) is 22.2. The average molecular weight is 403 g/mol. The Kier molecular flexibility index (Phi) is 8.83. The van der Waals surface area contributed by atoms with Crippen LogP contribution in [-0.2, 0) is 9.59 Å². The molecule has 0 radical (unpaired) electrons. The van der Waals surface area contributed by atoms with Crippen LogP contribution in [0.4, 0.5) is 0 Å². The molecule has 1 aliphatic rings. The van der Waals surface area contributed by atoms with Crippen LogP contribution in [0.25, 0.3) is 0 Å². The molecule has 0 fully saturated rings. The second-order valence-electron chi connectivity index (χ2n) is 8.59. The van der Waals surface area contributed by atoms with Crippen LogP contribution in [-0.4, -0.2) is 32.9 Å². The second kappa shape index (κ2) is 10.4. The maximum atomic E-state index is 11.2. The molecule has 0 saturated heterocycles. The van der Waals surface area contributed by atoms with Crippen molar-refractivity contribution in [3.05, 3.63) is 58.7 Å². The number of carboxylic acids is 2. The van der Waals surface area contributed by atoms with Gasteiger partial charge in [-0.05, 0) is 51.0 Å². The molecular weight excluding hydrogens is 368 g/mol. The first-order valence-corrected chi connectivity index (χ1v) is 9.95. The SMILES string of the molecule is CC(C=CC1=C(C)CCCC1(C)C)=CC=CC(C)=CCC(O)(CC(=O)O)C(=O)O. The van der Waals surface area contributed by atoms with Crippen molar-refractivity contribution in [2.45, 2.75) is 72.3 Å². The minimum atomic E-state index is -2.30. The maximum Gasteiger partial charge on any atom is 0.336 e. The van der Waals surface area contributed by atoms with Crippen molar-refractivity contribution < 1.29 is 24.9 Å². The average Bonchev–Trinajstić information content (AvgIpc) is 2.58. The van der Waals surface area contributed by atoms with E-state index in [1.54, 1.807) is 13.0 Å². The largest absolute Gasteiger partial charge is 0.481 e. The smallest absolute Gasteiger partial charge is 0.336 e. The van der Waals surface area contributed by atoms with E-state index in [1.165, 1.54) is 30.1 Å². The number of carbonyl (C=O) groups is 2. The third-order valence-corrected chi connectivity index (χ3v) is 5.38. The van der Waals surface area contributed by atoms with Crippen LogP contribution in [0.5, 0.6) is 0 Å². The third-order valence-electron chi connectivity index (χ3n) is 5.38. The number of aliphatic carboxylic acids is 2. The Labute approximate surface area is 173 Å². The monoisotopic (exact) mass is 402 g/mol. The lowest BCUT2D eigenvalue weighted by Gasteiger charge is -2.32. The standard InChI is InChI=1S/C24H34O5/c1-17(11-12-20-19(3)10-7-14-23(20,4)5)8-6-9-18(2)13-15-24(29,22(27)28)16-21(25)26/h6,8-9,11-13,29H,7,10,14-16H2,1-5H3,(H,25,26)(H,27,28). The highest BCUT2D eigenvalue weighted by Crippen LogP contribution is 2.40. The van der Waals surface area contributed by atoms with E-state index in [4.69, 9.17) is 10.2 Å². The zero-order valence-electron chi connectivity index (χ0n) is 18.2. The summed E-state index contributed by atoms with van der Waals surface area (Å²) in [5, 5.41) is 27.9. The highest BCUT2D eigenvalue weighted by molar-refractivity contribution is 5.83. The van der Waals surface area contributed by atoms with Gasteiger partial charge in [0.15, 0.2) is 5.60 Å². The molecular formula is C24H34O5. The van der Waals surface area contributed by atoms with Crippen LogP contribution >= 0.6 is 0 Å². The van der Waals surface area contributed by atoms with Gasteiger partial charge in [-0.25, -0.2) is 4.79 Å². The predicted octanol–water partition coefficient (Wildman–Crippen LogP) is 5.20. The van der Waals surface area contributed by atoms with E-state index < -0.39 is 24.0 Å². The first-order chi connectivity index (χ1) is 13.4. The highest BCUT2D eigenvalue weighted by Gasteiger charge is 2.37. The molecule has 0 bridgehead atoms. The third kappa shape index (κ3) is 7.86. The summed E-state index contributed by atoms with van der Waals surface area (Å²) in [6.07, 6.45) is 13.9. The molecule has 0 aromatic heterocycles. The van der Waals surface area contributed by atoms with E-state index in [2.05, 4.69) is 32.9 Å². The van der Waals surface area contributed by atoms with E-state index >= 15 is 0 Å². The van der Waals surface area contributed by atoms with E-state index in [0.29, 0.717) is 0 Å². The zero-order valence-corrected chi connectivity index (χ0v) is 18.2. The molecule has 1 aliphatic carbocycles. The normalized spacial score (nSPS) is 20.3. The van der Waals surface area contributed by atoms with Gasteiger partial charge >= 0.3 is 11.9 Å². The maximum absolute atomic E-state index is 11.2. The minimum Gasteiger partial charge on any atom is -0.481 e. The van der Waals surface area contributed by atoms with Crippen molar-refractivity contribution in [2.75, 3.05) is 0 Å². The fraction of sp³-hybridized carbons (Fsp3) is 0.500. The molecule has 0 aromatic carbocycles. The molecule has 0 aromatic rings. The van der Waals surface area contributed by atoms with Crippen molar-refractivity contribution in [2.24, 2.45) is 5.41 Å². The Morgan fingerprint density at radius 3 is 2.34 bits per heavy atom. The number of hydrogen-bond acceptors (Lipinski definition) is 3. The van der Waals surface area contributed by atoms with E-state index in [-0.39, 0.29) is 11.8 Å². The van der Waals surface area contributed by atoms with Crippen molar-refractivity contribution in [3.8, 4) is 0 Å². The summed E-state index contributed by atoms with van der Waals surface area (Å²) in [6, 6.07) is 0. The predicted molar refractivity (Wildman–Crippen MR) is 116 cm³/mol. The van der Waals surface area contributed by atoms with Crippen LogP contribution < -0.4 is 0 Å². The molecule has 3 N–H and O–H groups in total. The van der Waals surface area contributed by atoms with Gasteiger partial charge in [0, 0.05) is 6.42 Å². The number of hydrogen-bond donors (Lipinski definition) is 3. The summed E-state index contributed by atoms with van der Waals surface area (Å²) in [7, 11) is 0. The lowest BCUT2D eigenvalue weighted by molar-refractivity contribution is -0.164. The van der Waals surface area contributed by atoms with Gasteiger partial charge in [0.25, 0.3) is 0 Å². The Balaban J connectivity index is 2.79. The number of rotatable bonds is 9. The fourth-order valence-corrected chi connectivity index (χ4v) is 3.52. The molecule has 0 heterocycles. The summed E-state index contributed by atoms with van der Waals surface area (Å²) in [5.41, 5.74) is 2.59. The number of aliphatic hydroxyl groups is 1. The van der Waals surface area contributed by atoms with Crippen molar-refractivity contribution >= 4 is 11.9 Å². The first-order valence-electron chi connectivity index (χ1n) is 9.95. The molecule has 1 atom stereocenters. The Hall–Kier alpha value is -2.40. The summed E-state index contributed by atoms with van der Waals surface area (Å²) < 4.78 is 0. The number of allylic oxidation sites excluding steroid dienone is 9. The van der Waals surface area contributed by atoms with Gasteiger partial charge in [-0.1, -0.05) is 67.0 Å². The molecule has 0 saturated carbocycles. The quantitative estimate of drug-likeness (QED) is 0.461. The van der Waals surface area contributed by atoms with E-state index in [9.17, 15) is 14.7 Å². The van der Waals surface area contributed by atoms with Crippen LogP contribution in [0.15, 0.2) is 58.7 Å². The Morgan fingerprint density at radius 2 is 1.79 bits per heavy atom. The molecule has 0 aliphatic heterocycles. The highest BCUT2D eigenvalue weighted by atomic mass is 16.4. The summed E-state index contributed by atoms with van der Waals surface area (Å²) >= 11 is 0. The van der Waals surface area contributed by atoms with Crippen LogP contribution in [0.1, 0.15) is 66.7 Å². The topological polar surface area (TPSA) is 94.8 Å². The van der Waals surface area contributed by atoms with Crippen LogP contribution in [0.3, 0.4) is 0 Å². The van der Waals surface area contributed by atoms with Crippen LogP contribution in [0.2, 0.25) is 0 Å². The Bertz CT molecular complexity index is 777. The molecule has 1 unspecified atom stereocenters. The molecule has 160 valence electrons. The van der Waals surface area contributed by atoms with Gasteiger partial charge in [-0.2, -0.15) is 0 Å². The van der Waals surface area contributed by atoms with Crippen molar-refractivity contribution in [3.63, 3.8) is 0 Å². The molecule has 1 rings (SSSR count). The van der Waals surface area contributed by atoms with E-state index in [0.717, 1.165) is 17.6 Å². The summed E-state index contributed by atoms with van der Waals surface area (Å²) in [5.74, 6) is -2.89. The second-order valence-corrected chi connectivity index (χ2v) is 8.59. The van der Waals surface area contributed by atoms with Gasteiger partial charge in [-0.3, -0.25) is 4.79 Å². The molecule has 0 spiro atoms. The molecule has 5 nitrogen and oxygen atoms in total. The van der Waals surface area contributed by atoms with Gasteiger partial charge in [0.1, 0.15) is 0 Å². The Morgan fingerprint density at radius 1 is 1.14 bits per heavy atom. The minimum absolute atomic E-state index is 0.200. The van der Waals surface area contributed by atoms with Crippen molar-refractivity contribution in [1.82, 2.24) is 0 Å². The summed E-state index contributed by atoms with van der Waals surface area (Å²) in [4.78, 5) is 21.9. The van der Waals surface area contributed by atoms with Gasteiger partial charge in [-0.15, -0.1) is 0 Å². The lowest BCUT2D eigenvalue weighted by Crippen LogP contribution is -2.40. The van der Waals surface area contributed by atoms with Crippen LogP contribution in [0, 0.1) is 5.41 Å². The fourth-order valence-electron chi connectivity index (χ4n) is 3.52. The molecule has 5 heteroatoms. The number of carboxylic acid groups (broad SMARTS) is 2. The first kappa shape index (κ1) is 24.6. The van der Waals surface area contributed by atoms with Gasteiger partial charge in [0.2, 0.25) is 0 Å². The lowest BCUT2D eigenvalue weighted by atomic mass is 9.72. The van der Waals surface area contributed by atoms with E-state index in [1.807, 2.05) is 19.1 Å².